The van der Waals surface area contributed by atoms with Crippen molar-refractivity contribution in [1.82, 2.24) is 5.32 Å². The Kier molecular flexibility index (Phi) is 5.98. The molecule has 0 radical (unpaired) electrons. The maximum atomic E-state index is 11.8. The number of carbonyl (C=O) groups excluding carboxylic acids is 2. The molecule has 2 rings (SSSR count). The van der Waals surface area contributed by atoms with Gasteiger partial charge in [-0.3, -0.25) is 9.59 Å². The van der Waals surface area contributed by atoms with Gasteiger partial charge in [-0.15, -0.1) is 0 Å². The van der Waals surface area contributed by atoms with Gasteiger partial charge in [0.15, 0.2) is 0 Å². The lowest BCUT2D eigenvalue weighted by Gasteiger charge is -2.07. The summed E-state index contributed by atoms with van der Waals surface area (Å²) in [6.45, 7) is 0.363. The number of hydrogen-bond donors (Lipinski definition) is 2. The fraction of sp³-hybridized carbons (Fsp3) is 0.125. The second-order valence-corrected chi connectivity index (χ2v) is 5.99. The number of rotatable bonds is 5. The second-order valence-electron chi connectivity index (χ2n) is 4.64. The van der Waals surface area contributed by atoms with Gasteiger partial charge in [0.2, 0.25) is 11.8 Å². The van der Waals surface area contributed by atoms with Crippen LogP contribution in [0.2, 0.25) is 5.02 Å². The van der Waals surface area contributed by atoms with Crippen molar-refractivity contribution in [2.24, 2.45) is 0 Å². The molecule has 0 heterocycles. The van der Waals surface area contributed by atoms with Crippen LogP contribution in [0.15, 0.2) is 53.0 Å². The Morgan fingerprint density at radius 2 is 1.59 bits per heavy atom. The topological polar surface area (TPSA) is 58.2 Å². The number of carbonyl (C=O) groups is 2. The number of hydrogen-bond acceptors (Lipinski definition) is 2. The summed E-state index contributed by atoms with van der Waals surface area (Å²) in [6.07, 6.45) is -0.219. The van der Waals surface area contributed by atoms with Crippen molar-refractivity contribution < 1.29 is 9.59 Å². The molecule has 0 aromatic heterocycles. The molecule has 0 aliphatic heterocycles. The molecule has 2 aromatic rings. The van der Waals surface area contributed by atoms with E-state index in [1.165, 1.54) is 0 Å². The van der Waals surface area contributed by atoms with Crippen molar-refractivity contribution in [3.05, 3.63) is 63.6 Å². The van der Waals surface area contributed by atoms with Gasteiger partial charge in [-0.25, -0.2) is 0 Å². The molecule has 0 fully saturated rings. The Morgan fingerprint density at radius 3 is 2.23 bits per heavy atom. The minimum Gasteiger partial charge on any atom is -0.352 e. The summed E-state index contributed by atoms with van der Waals surface area (Å²) in [6, 6.07) is 14.3. The van der Waals surface area contributed by atoms with E-state index in [2.05, 4.69) is 26.6 Å². The van der Waals surface area contributed by atoms with E-state index in [9.17, 15) is 9.59 Å². The SMILES string of the molecule is O=C(CC(=O)Nc1ccc(Br)cc1)NCc1ccc(Cl)cc1. The summed E-state index contributed by atoms with van der Waals surface area (Å²) in [5.74, 6) is -0.680. The summed E-state index contributed by atoms with van der Waals surface area (Å²) in [5.41, 5.74) is 1.57. The van der Waals surface area contributed by atoms with Gasteiger partial charge in [0.05, 0.1) is 0 Å². The van der Waals surface area contributed by atoms with Gasteiger partial charge >= 0.3 is 0 Å². The normalized spacial score (nSPS) is 10.1. The number of anilines is 1. The van der Waals surface area contributed by atoms with Crippen LogP contribution in [-0.2, 0) is 16.1 Å². The molecule has 0 bridgehead atoms. The van der Waals surface area contributed by atoms with Crippen LogP contribution in [0.3, 0.4) is 0 Å². The molecule has 0 unspecified atom stereocenters. The molecule has 0 aliphatic carbocycles. The van der Waals surface area contributed by atoms with Gasteiger partial charge < -0.3 is 10.6 Å². The highest BCUT2D eigenvalue weighted by Gasteiger charge is 2.09. The van der Waals surface area contributed by atoms with Gasteiger partial charge in [-0.1, -0.05) is 39.7 Å². The van der Waals surface area contributed by atoms with Crippen molar-refractivity contribution in [1.29, 1.82) is 0 Å². The molecule has 114 valence electrons. The van der Waals surface area contributed by atoms with Crippen LogP contribution in [0.25, 0.3) is 0 Å². The van der Waals surface area contributed by atoms with Crippen LogP contribution in [0.5, 0.6) is 0 Å². The Hall–Kier alpha value is -1.85. The molecule has 0 aliphatic rings. The highest BCUT2D eigenvalue weighted by Crippen LogP contribution is 2.14. The predicted molar refractivity (Wildman–Crippen MR) is 90.7 cm³/mol. The molecule has 2 aromatic carbocycles. The first-order valence-electron chi connectivity index (χ1n) is 6.59. The number of halogens is 2. The highest BCUT2D eigenvalue weighted by molar-refractivity contribution is 9.10. The summed E-state index contributed by atoms with van der Waals surface area (Å²) >= 11 is 9.10. The van der Waals surface area contributed by atoms with Crippen LogP contribution in [-0.4, -0.2) is 11.8 Å². The molecule has 4 nitrogen and oxygen atoms in total. The third-order valence-corrected chi connectivity index (χ3v) is 3.63. The molecule has 22 heavy (non-hydrogen) atoms. The van der Waals surface area contributed by atoms with Crippen LogP contribution in [0.1, 0.15) is 12.0 Å². The van der Waals surface area contributed by atoms with Crippen LogP contribution in [0, 0.1) is 0 Å². The first kappa shape index (κ1) is 16.5. The smallest absolute Gasteiger partial charge is 0.233 e. The van der Waals surface area contributed by atoms with E-state index in [-0.39, 0.29) is 18.2 Å². The van der Waals surface area contributed by atoms with E-state index in [4.69, 9.17) is 11.6 Å². The van der Waals surface area contributed by atoms with E-state index in [0.717, 1.165) is 10.0 Å². The lowest BCUT2D eigenvalue weighted by atomic mass is 10.2. The fourth-order valence-electron chi connectivity index (χ4n) is 1.75. The van der Waals surface area contributed by atoms with Crippen molar-refractivity contribution in [2.45, 2.75) is 13.0 Å². The van der Waals surface area contributed by atoms with Crippen LogP contribution < -0.4 is 10.6 Å². The maximum Gasteiger partial charge on any atom is 0.233 e. The predicted octanol–water partition coefficient (Wildman–Crippen LogP) is 3.75. The van der Waals surface area contributed by atoms with E-state index in [0.29, 0.717) is 17.3 Å². The first-order chi connectivity index (χ1) is 10.5. The van der Waals surface area contributed by atoms with Crippen LogP contribution in [0.4, 0.5) is 5.69 Å². The Bertz CT molecular complexity index is 657. The third kappa shape index (κ3) is 5.50. The lowest BCUT2D eigenvalue weighted by Crippen LogP contribution is -2.27. The minimum absolute atomic E-state index is 0.219. The summed E-state index contributed by atoms with van der Waals surface area (Å²) in [5, 5.41) is 6.00. The van der Waals surface area contributed by atoms with E-state index in [1.807, 2.05) is 24.3 Å². The number of amides is 2. The summed E-state index contributed by atoms with van der Waals surface area (Å²) < 4.78 is 0.922. The first-order valence-corrected chi connectivity index (χ1v) is 7.76. The molecule has 0 saturated heterocycles. The van der Waals surface area contributed by atoms with E-state index >= 15 is 0 Å². The lowest BCUT2D eigenvalue weighted by molar-refractivity contribution is -0.126. The van der Waals surface area contributed by atoms with E-state index in [1.54, 1.807) is 24.3 Å². The largest absolute Gasteiger partial charge is 0.352 e. The molecule has 6 heteroatoms. The minimum atomic E-state index is -0.351. The molecule has 2 N–H and O–H groups in total. The van der Waals surface area contributed by atoms with Gasteiger partial charge in [-0.2, -0.15) is 0 Å². The van der Waals surface area contributed by atoms with Crippen molar-refractivity contribution in [3.8, 4) is 0 Å². The zero-order valence-corrected chi connectivity index (χ0v) is 13.9. The molecule has 0 saturated carbocycles. The van der Waals surface area contributed by atoms with Gasteiger partial charge in [0.1, 0.15) is 6.42 Å². The van der Waals surface area contributed by atoms with Crippen molar-refractivity contribution >= 4 is 45.0 Å². The van der Waals surface area contributed by atoms with Gasteiger partial charge in [0, 0.05) is 21.7 Å². The number of benzene rings is 2. The average molecular weight is 382 g/mol. The molecular weight excluding hydrogens is 368 g/mol. The monoisotopic (exact) mass is 380 g/mol. The molecule has 0 spiro atoms. The zero-order chi connectivity index (χ0) is 15.9. The van der Waals surface area contributed by atoms with E-state index < -0.39 is 0 Å². The molecular formula is C16H14BrClN2O2. The van der Waals surface area contributed by atoms with Crippen LogP contribution >= 0.6 is 27.5 Å². The number of nitrogens with one attached hydrogen (secondary N) is 2. The Morgan fingerprint density at radius 1 is 0.955 bits per heavy atom. The van der Waals surface area contributed by atoms with Crippen molar-refractivity contribution in [3.63, 3.8) is 0 Å². The Labute approximate surface area is 142 Å². The zero-order valence-electron chi connectivity index (χ0n) is 11.6. The third-order valence-electron chi connectivity index (χ3n) is 2.85. The highest BCUT2D eigenvalue weighted by atomic mass is 79.9. The average Bonchev–Trinajstić information content (AvgIpc) is 2.49. The van der Waals surface area contributed by atoms with Gasteiger partial charge in [-0.05, 0) is 42.0 Å². The van der Waals surface area contributed by atoms with Crippen molar-refractivity contribution in [2.75, 3.05) is 5.32 Å². The molecule has 2 amide bonds. The fourth-order valence-corrected chi connectivity index (χ4v) is 2.14. The summed E-state index contributed by atoms with van der Waals surface area (Å²) in [4.78, 5) is 23.5. The Balaban J connectivity index is 1.77. The standard InChI is InChI=1S/C16H14BrClN2O2/c17-12-3-7-14(8-4-12)20-16(22)9-15(21)19-10-11-1-5-13(18)6-2-11/h1-8H,9-10H2,(H,19,21)(H,20,22). The second kappa shape index (κ2) is 7.96. The van der Waals surface area contributed by atoms with Gasteiger partial charge in [0.25, 0.3) is 0 Å². The maximum absolute atomic E-state index is 11.8. The quantitative estimate of drug-likeness (QED) is 0.775. The summed E-state index contributed by atoms with van der Waals surface area (Å²) in [7, 11) is 0. The molecule has 0 atom stereocenters.